The number of thiazole rings is 1. The molecule has 1 saturated heterocycles. The van der Waals surface area contributed by atoms with E-state index < -0.39 is 17.7 Å². The van der Waals surface area contributed by atoms with Crippen LogP contribution in [-0.2, 0) is 9.59 Å². The molecule has 2 heterocycles. The number of aromatic nitrogens is 1. The summed E-state index contributed by atoms with van der Waals surface area (Å²) in [4.78, 5) is 32.8. The third-order valence-electron chi connectivity index (χ3n) is 5.86. The molecule has 7 nitrogen and oxygen atoms in total. The predicted octanol–water partition coefficient (Wildman–Crippen LogP) is 5.72. The number of carbonyl (C=O) groups is 2. The molecule has 182 valence electrons. The van der Waals surface area contributed by atoms with Crippen molar-refractivity contribution in [2.45, 2.75) is 19.9 Å². The number of nitrogens with zero attached hydrogens (tertiary/aromatic N) is 2. The van der Waals surface area contributed by atoms with E-state index in [9.17, 15) is 14.7 Å². The molecule has 1 amide bonds. The van der Waals surface area contributed by atoms with Crippen molar-refractivity contribution in [3.05, 3.63) is 89.5 Å². The smallest absolute Gasteiger partial charge is 0.301 e. The Morgan fingerprint density at radius 1 is 0.944 bits per heavy atom. The molecule has 1 N–H and O–H groups in total. The lowest BCUT2D eigenvalue weighted by Crippen LogP contribution is -2.29. The van der Waals surface area contributed by atoms with Gasteiger partial charge in [-0.3, -0.25) is 14.5 Å². The number of carbonyl (C=O) groups excluding carboxylic acids is 2. The third-order valence-corrected chi connectivity index (χ3v) is 6.88. The Morgan fingerprint density at radius 3 is 2.31 bits per heavy atom. The number of rotatable bonds is 7. The van der Waals surface area contributed by atoms with E-state index in [-0.39, 0.29) is 11.3 Å². The van der Waals surface area contributed by atoms with Crippen molar-refractivity contribution in [1.29, 1.82) is 0 Å². The highest BCUT2D eigenvalue weighted by molar-refractivity contribution is 7.22. The van der Waals surface area contributed by atoms with Gasteiger partial charge in [0.05, 0.1) is 35.0 Å². The number of hydrogen-bond donors (Lipinski definition) is 1. The molecule has 0 aliphatic carbocycles. The summed E-state index contributed by atoms with van der Waals surface area (Å²) in [5.74, 6) is -0.353. The molecule has 1 fully saturated rings. The number of fused-ring (bicyclic) bond motifs is 1. The molecular weight excluding hydrogens is 476 g/mol. The number of benzene rings is 3. The van der Waals surface area contributed by atoms with Crippen LogP contribution in [0.2, 0.25) is 0 Å². The first-order chi connectivity index (χ1) is 17.5. The van der Waals surface area contributed by atoms with E-state index in [2.05, 4.69) is 4.98 Å². The van der Waals surface area contributed by atoms with Gasteiger partial charge in [-0.05, 0) is 49.7 Å². The molecule has 0 radical (unpaired) electrons. The Morgan fingerprint density at radius 2 is 1.61 bits per heavy atom. The highest BCUT2D eigenvalue weighted by Gasteiger charge is 2.48. The van der Waals surface area contributed by atoms with Crippen LogP contribution in [0.3, 0.4) is 0 Å². The molecule has 0 bridgehead atoms. The standard InChI is InChI=1S/C28H24N2O5S/c1-3-34-19-12-10-17(11-13-19)24-23(25(31)18-8-6-5-7-9-18)26(32)27(33)30(24)28-29-21-15-14-20(35-4-2)16-22(21)36-28/h5-16,24,31H,3-4H2,1-2H3/b25-23+/t24-/m1/s1. The first-order valence-corrected chi connectivity index (χ1v) is 12.5. The van der Waals surface area contributed by atoms with Crippen molar-refractivity contribution in [1.82, 2.24) is 4.98 Å². The van der Waals surface area contributed by atoms with E-state index in [4.69, 9.17) is 9.47 Å². The summed E-state index contributed by atoms with van der Waals surface area (Å²) in [6, 6.07) is 20.6. The molecule has 0 spiro atoms. The van der Waals surface area contributed by atoms with Gasteiger partial charge in [0, 0.05) is 5.56 Å². The van der Waals surface area contributed by atoms with E-state index >= 15 is 0 Å². The second-order valence-corrected chi connectivity index (χ2v) is 9.11. The van der Waals surface area contributed by atoms with Crippen molar-refractivity contribution in [2.24, 2.45) is 0 Å². The van der Waals surface area contributed by atoms with E-state index in [0.717, 1.165) is 4.70 Å². The summed E-state index contributed by atoms with van der Waals surface area (Å²) in [6.45, 7) is 4.85. The molecule has 1 aromatic heterocycles. The minimum atomic E-state index is -0.854. The maximum Gasteiger partial charge on any atom is 0.301 e. The molecule has 5 rings (SSSR count). The predicted molar refractivity (Wildman–Crippen MR) is 140 cm³/mol. The van der Waals surface area contributed by atoms with Gasteiger partial charge >= 0.3 is 5.91 Å². The minimum absolute atomic E-state index is 0.0182. The summed E-state index contributed by atoms with van der Waals surface area (Å²) < 4.78 is 12.0. The van der Waals surface area contributed by atoms with Crippen molar-refractivity contribution >= 4 is 44.1 Å². The lowest BCUT2D eigenvalue weighted by Gasteiger charge is -2.23. The van der Waals surface area contributed by atoms with Gasteiger partial charge in [-0.15, -0.1) is 0 Å². The zero-order chi connectivity index (χ0) is 25.2. The molecule has 1 aliphatic rings. The van der Waals surface area contributed by atoms with Gasteiger partial charge in [-0.2, -0.15) is 0 Å². The highest BCUT2D eigenvalue weighted by atomic mass is 32.1. The van der Waals surface area contributed by atoms with Crippen LogP contribution in [0.25, 0.3) is 16.0 Å². The van der Waals surface area contributed by atoms with E-state index in [1.54, 1.807) is 48.5 Å². The molecule has 36 heavy (non-hydrogen) atoms. The van der Waals surface area contributed by atoms with Crippen LogP contribution < -0.4 is 14.4 Å². The molecule has 1 atom stereocenters. The average Bonchev–Trinajstić information content (AvgIpc) is 3.43. The number of anilines is 1. The van der Waals surface area contributed by atoms with Gasteiger partial charge in [0.25, 0.3) is 5.78 Å². The quantitative estimate of drug-likeness (QED) is 0.198. The summed E-state index contributed by atoms with van der Waals surface area (Å²) >= 11 is 1.29. The van der Waals surface area contributed by atoms with Crippen molar-refractivity contribution < 1.29 is 24.2 Å². The van der Waals surface area contributed by atoms with E-state index in [0.29, 0.717) is 46.5 Å². The van der Waals surface area contributed by atoms with Crippen molar-refractivity contribution in [3.8, 4) is 11.5 Å². The molecule has 4 aromatic rings. The van der Waals surface area contributed by atoms with Crippen LogP contribution in [-0.4, -0.2) is 35.0 Å². The monoisotopic (exact) mass is 500 g/mol. The molecule has 1 aliphatic heterocycles. The lowest BCUT2D eigenvalue weighted by molar-refractivity contribution is -0.132. The molecular formula is C28H24N2O5S. The number of aliphatic hydroxyl groups excluding tert-OH is 1. The van der Waals surface area contributed by atoms with Crippen molar-refractivity contribution in [3.63, 3.8) is 0 Å². The Balaban J connectivity index is 1.67. The van der Waals surface area contributed by atoms with Gasteiger partial charge in [-0.25, -0.2) is 4.98 Å². The molecule has 0 unspecified atom stereocenters. The normalized spacial score (nSPS) is 17.1. The Bertz CT molecular complexity index is 1460. The number of aliphatic hydroxyl groups is 1. The second kappa shape index (κ2) is 9.83. The van der Waals surface area contributed by atoms with Gasteiger partial charge in [0.1, 0.15) is 17.3 Å². The SMILES string of the molecule is CCOc1ccc([C@@H]2/C(=C(\O)c3ccccc3)C(=O)C(=O)N2c2nc3ccc(OCC)cc3s2)cc1. The fraction of sp³-hybridized carbons (Fsp3) is 0.179. The first kappa shape index (κ1) is 23.6. The fourth-order valence-corrected chi connectivity index (χ4v) is 5.28. The molecule has 8 heteroatoms. The maximum absolute atomic E-state index is 13.4. The molecule has 0 saturated carbocycles. The van der Waals surface area contributed by atoms with Gasteiger partial charge in [0.15, 0.2) is 5.13 Å². The van der Waals surface area contributed by atoms with Crippen LogP contribution >= 0.6 is 11.3 Å². The van der Waals surface area contributed by atoms with Crippen LogP contribution in [0.4, 0.5) is 5.13 Å². The summed E-state index contributed by atoms with van der Waals surface area (Å²) in [5, 5.41) is 11.6. The highest BCUT2D eigenvalue weighted by Crippen LogP contribution is 2.44. The lowest BCUT2D eigenvalue weighted by atomic mass is 9.95. The Kier molecular flexibility index (Phi) is 6.43. The summed E-state index contributed by atoms with van der Waals surface area (Å²) in [7, 11) is 0. The van der Waals surface area contributed by atoms with Crippen LogP contribution in [0.5, 0.6) is 11.5 Å². The summed E-state index contributed by atoms with van der Waals surface area (Å²) in [5.41, 5.74) is 1.82. The van der Waals surface area contributed by atoms with Crippen LogP contribution in [0.1, 0.15) is 31.0 Å². The number of amides is 1. The number of Topliss-reactive ketones (excluding diaryl/α,β-unsaturated/α-hetero) is 1. The van der Waals surface area contributed by atoms with Gasteiger partial charge in [0.2, 0.25) is 0 Å². The summed E-state index contributed by atoms with van der Waals surface area (Å²) in [6.07, 6.45) is 0. The minimum Gasteiger partial charge on any atom is -0.507 e. The van der Waals surface area contributed by atoms with E-state index in [1.807, 2.05) is 38.1 Å². The van der Waals surface area contributed by atoms with Crippen molar-refractivity contribution in [2.75, 3.05) is 18.1 Å². The molecule has 3 aromatic carbocycles. The average molecular weight is 501 g/mol. The Hall–Kier alpha value is -4.17. The Labute approximate surface area is 212 Å². The van der Waals surface area contributed by atoms with Gasteiger partial charge < -0.3 is 14.6 Å². The number of hydrogen-bond acceptors (Lipinski definition) is 7. The van der Waals surface area contributed by atoms with Crippen LogP contribution in [0.15, 0.2) is 78.4 Å². The topological polar surface area (TPSA) is 89.0 Å². The zero-order valence-electron chi connectivity index (χ0n) is 19.8. The zero-order valence-corrected chi connectivity index (χ0v) is 20.6. The maximum atomic E-state index is 13.4. The first-order valence-electron chi connectivity index (χ1n) is 11.6. The largest absolute Gasteiger partial charge is 0.507 e. The van der Waals surface area contributed by atoms with Crippen LogP contribution in [0, 0.1) is 0 Å². The fourth-order valence-electron chi connectivity index (χ4n) is 4.26. The number of ketones is 1. The number of ether oxygens (including phenoxy) is 2. The van der Waals surface area contributed by atoms with E-state index in [1.165, 1.54) is 16.2 Å². The third kappa shape index (κ3) is 4.20. The van der Waals surface area contributed by atoms with Gasteiger partial charge in [-0.1, -0.05) is 53.8 Å². The second-order valence-electron chi connectivity index (χ2n) is 8.10.